The summed E-state index contributed by atoms with van der Waals surface area (Å²) < 4.78 is 0. The lowest BCUT2D eigenvalue weighted by Gasteiger charge is -2.08. The smallest absolute Gasteiger partial charge is 0.162 e. The molecule has 1 aromatic rings. The average molecular weight is 188 g/mol. The van der Waals surface area contributed by atoms with Crippen molar-refractivity contribution in [1.29, 1.82) is 0 Å². The zero-order chi connectivity index (χ0) is 9.30. The van der Waals surface area contributed by atoms with Crippen molar-refractivity contribution in [2.24, 2.45) is 5.73 Å². The molecule has 0 unspecified atom stereocenters. The minimum absolute atomic E-state index is 0.159. The lowest BCUT2D eigenvalue weighted by molar-refractivity contribution is 0.399. The SMILES string of the molecule is Cc1c(Cl)cc(O)c(O)c1CN. The Kier molecular flexibility index (Phi) is 2.45. The molecule has 4 heteroatoms. The van der Waals surface area contributed by atoms with Gasteiger partial charge in [0, 0.05) is 23.2 Å². The molecule has 0 saturated carbocycles. The molecule has 12 heavy (non-hydrogen) atoms. The maximum absolute atomic E-state index is 9.31. The zero-order valence-corrected chi connectivity index (χ0v) is 7.39. The first-order valence-electron chi connectivity index (χ1n) is 3.48. The van der Waals surface area contributed by atoms with Gasteiger partial charge in [-0.2, -0.15) is 0 Å². The fraction of sp³-hybridized carbons (Fsp3) is 0.250. The number of hydrogen-bond donors (Lipinski definition) is 3. The molecule has 0 saturated heterocycles. The Labute approximate surface area is 75.4 Å². The van der Waals surface area contributed by atoms with Crippen molar-refractivity contribution in [1.82, 2.24) is 0 Å². The Balaban J connectivity index is 3.42. The van der Waals surface area contributed by atoms with Crippen LogP contribution in [0.5, 0.6) is 11.5 Å². The lowest BCUT2D eigenvalue weighted by atomic mass is 10.1. The van der Waals surface area contributed by atoms with E-state index in [-0.39, 0.29) is 18.0 Å². The first kappa shape index (κ1) is 9.16. The van der Waals surface area contributed by atoms with E-state index in [9.17, 15) is 5.11 Å². The van der Waals surface area contributed by atoms with E-state index < -0.39 is 0 Å². The van der Waals surface area contributed by atoms with Crippen LogP contribution in [0.4, 0.5) is 0 Å². The first-order chi connectivity index (χ1) is 5.57. The normalized spacial score (nSPS) is 10.2. The van der Waals surface area contributed by atoms with Gasteiger partial charge in [0.1, 0.15) is 0 Å². The van der Waals surface area contributed by atoms with Crippen molar-refractivity contribution in [3.8, 4) is 11.5 Å². The Morgan fingerprint density at radius 1 is 1.50 bits per heavy atom. The minimum atomic E-state index is -0.231. The van der Waals surface area contributed by atoms with E-state index in [1.165, 1.54) is 6.07 Å². The predicted molar refractivity (Wildman–Crippen MR) is 47.4 cm³/mol. The number of nitrogens with two attached hydrogens (primary N) is 1. The molecule has 0 spiro atoms. The summed E-state index contributed by atoms with van der Waals surface area (Å²) in [6.45, 7) is 1.90. The molecular weight excluding hydrogens is 178 g/mol. The van der Waals surface area contributed by atoms with Gasteiger partial charge in [-0.05, 0) is 12.5 Å². The van der Waals surface area contributed by atoms with Crippen LogP contribution in [0.2, 0.25) is 5.02 Å². The topological polar surface area (TPSA) is 66.5 Å². The Hall–Kier alpha value is -0.930. The third-order valence-corrected chi connectivity index (χ3v) is 2.20. The van der Waals surface area contributed by atoms with Gasteiger partial charge in [0.05, 0.1) is 0 Å². The summed E-state index contributed by atoms with van der Waals surface area (Å²) in [6, 6.07) is 1.30. The van der Waals surface area contributed by atoms with Crippen LogP contribution in [0.15, 0.2) is 6.07 Å². The van der Waals surface area contributed by atoms with Gasteiger partial charge in [-0.25, -0.2) is 0 Å². The van der Waals surface area contributed by atoms with E-state index in [1.807, 2.05) is 0 Å². The number of phenols is 2. The van der Waals surface area contributed by atoms with E-state index in [0.29, 0.717) is 16.1 Å². The number of hydrogen-bond acceptors (Lipinski definition) is 3. The van der Waals surface area contributed by atoms with Gasteiger partial charge < -0.3 is 15.9 Å². The van der Waals surface area contributed by atoms with Gasteiger partial charge in [-0.3, -0.25) is 0 Å². The van der Waals surface area contributed by atoms with E-state index in [2.05, 4.69) is 0 Å². The molecular formula is C8H10ClNO2. The molecule has 3 nitrogen and oxygen atoms in total. The Bertz CT molecular complexity index is 286. The number of aromatic hydroxyl groups is 2. The zero-order valence-electron chi connectivity index (χ0n) is 6.63. The summed E-state index contributed by atoms with van der Waals surface area (Å²) in [5, 5.41) is 18.9. The van der Waals surface area contributed by atoms with Gasteiger partial charge in [-0.15, -0.1) is 0 Å². The van der Waals surface area contributed by atoms with Crippen LogP contribution in [-0.2, 0) is 6.54 Å². The average Bonchev–Trinajstić information content (AvgIpc) is 2.02. The molecule has 0 aliphatic rings. The van der Waals surface area contributed by atoms with Crippen LogP contribution in [0.1, 0.15) is 11.1 Å². The second-order valence-corrected chi connectivity index (χ2v) is 2.94. The highest BCUT2D eigenvalue weighted by Gasteiger charge is 2.11. The molecule has 66 valence electrons. The summed E-state index contributed by atoms with van der Waals surface area (Å²) in [4.78, 5) is 0. The van der Waals surface area contributed by atoms with E-state index >= 15 is 0 Å². The van der Waals surface area contributed by atoms with Crippen LogP contribution in [-0.4, -0.2) is 10.2 Å². The molecule has 0 aliphatic carbocycles. The maximum atomic E-state index is 9.31. The Morgan fingerprint density at radius 3 is 2.58 bits per heavy atom. The first-order valence-corrected chi connectivity index (χ1v) is 3.85. The number of benzene rings is 1. The second kappa shape index (κ2) is 3.21. The van der Waals surface area contributed by atoms with Crippen molar-refractivity contribution in [3.63, 3.8) is 0 Å². The van der Waals surface area contributed by atoms with Gasteiger partial charge >= 0.3 is 0 Å². The van der Waals surface area contributed by atoms with Crippen molar-refractivity contribution in [2.45, 2.75) is 13.5 Å². The highest BCUT2D eigenvalue weighted by molar-refractivity contribution is 6.31. The standard InChI is InChI=1S/C8H10ClNO2/c1-4-5(3-10)8(12)7(11)2-6(4)9/h2,11-12H,3,10H2,1H3. The number of halogens is 1. The molecule has 0 heterocycles. The fourth-order valence-electron chi connectivity index (χ4n) is 1.02. The van der Waals surface area contributed by atoms with Gasteiger partial charge in [0.25, 0.3) is 0 Å². The molecule has 1 aromatic carbocycles. The quantitative estimate of drug-likeness (QED) is 0.584. The molecule has 0 aliphatic heterocycles. The molecule has 0 fully saturated rings. The highest BCUT2D eigenvalue weighted by Crippen LogP contribution is 2.35. The Morgan fingerprint density at radius 2 is 2.08 bits per heavy atom. The van der Waals surface area contributed by atoms with Gasteiger partial charge in [0.15, 0.2) is 11.5 Å². The summed E-state index contributed by atoms with van der Waals surface area (Å²) in [5.41, 5.74) is 6.55. The van der Waals surface area contributed by atoms with Crippen molar-refractivity contribution in [2.75, 3.05) is 0 Å². The lowest BCUT2D eigenvalue weighted by Crippen LogP contribution is -2.00. The predicted octanol–water partition coefficient (Wildman–Crippen LogP) is 1.52. The molecule has 0 radical (unpaired) electrons. The van der Waals surface area contributed by atoms with Crippen LogP contribution >= 0.6 is 11.6 Å². The van der Waals surface area contributed by atoms with Gasteiger partial charge in [-0.1, -0.05) is 11.6 Å². The van der Waals surface area contributed by atoms with Crippen LogP contribution in [0.25, 0.3) is 0 Å². The van der Waals surface area contributed by atoms with Crippen LogP contribution < -0.4 is 5.73 Å². The van der Waals surface area contributed by atoms with Gasteiger partial charge in [0.2, 0.25) is 0 Å². The molecule has 0 atom stereocenters. The molecule has 4 N–H and O–H groups in total. The van der Waals surface area contributed by atoms with E-state index in [4.69, 9.17) is 22.4 Å². The summed E-state index contributed by atoms with van der Waals surface area (Å²) in [7, 11) is 0. The highest BCUT2D eigenvalue weighted by atomic mass is 35.5. The summed E-state index contributed by atoms with van der Waals surface area (Å²) in [5.74, 6) is -0.412. The number of rotatable bonds is 1. The molecule has 0 aromatic heterocycles. The van der Waals surface area contributed by atoms with Crippen molar-refractivity contribution >= 4 is 11.6 Å². The van der Waals surface area contributed by atoms with Crippen LogP contribution in [0.3, 0.4) is 0 Å². The van der Waals surface area contributed by atoms with E-state index in [0.717, 1.165) is 0 Å². The summed E-state index contributed by atoms with van der Waals surface area (Å²) in [6.07, 6.45) is 0. The fourth-order valence-corrected chi connectivity index (χ4v) is 1.24. The number of phenolic OH excluding ortho intramolecular Hbond substituents is 2. The molecule has 1 rings (SSSR count). The second-order valence-electron chi connectivity index (χ2n) is 2.53. The maximum Gasteiger partial charge on any atom is 0.162 e. The molecule has 0 amide bonds. The largest absolute Gasteiger partial charge is 0.504 e. The van der Waals surface area contributed by atoms with Crippen LogP contribution in [0, 0.1) is 6.92 Å². The van der Waals surface area contributed by atoms with E-state index in [1.54, 1.807) is 6.92 Å². The molecule has 0 bridgehead atoms. The third-order valence-electron chi connectivity index (χ3n) is 1.81. The summed E-state index contributed by atoms with van der Waals surface area (Å²) >= 11 is 5.74. The van der Waals surface area contributed by atoms with Crippen molar-refractivity contribution in [3.05, 3.63) is 22.2 Å². The minimum Gasteiger partial charge on any atom is -0.504 e. The third kappa shape index (κ3) is 1.33. The monoisotopic (exact) mass is 187 g/mol. The van der Waals surface area contributed by atoms with Crippen molar-refractivity contribution < 1.29 is 10.2 Å².